The molecule has 0 bridgehead atoms. The molecule has 2 fully saturated rings. The average Bonchev–Trinajstić information content (AvgIpc) is 2.96. The third-order valence-electron chi connectivity index (χ3n) is 4.10. The molecule has 1 heterocycles. The Labute approximate surface area is 101 Å². The van der Waals surface area contributed by atoms with Gasteiger partial charge in [0.2, 0.25) is 5.91 Å². The highest BCUT2D eigenvalue weighted by atomic mass is 16.4. The van der Waals surface area contributed by atoms with Gasteiger partial charge < -0.3 is 15.7 Å². The first-order valence-corrected chi connectivity index (χ1v) is 6.38. The number of carboxylic acids is 1. The molecule has 0 aromatic carbocycles. The van der Waals surface area contributed by atoms with Gasteiger partial charge in [-0.2, -0.15) is 0 Å². The van der Waals surface area contributed by atoms with Crippen LogP contribution in [0.4, 0.5) is 0 Å². The minimum absolute atomic E-state index is 0.0165. The van der Waals surface area contributed by atoms with Crippen molar-refractivity contribution in [1.82, 2.24) is 4.90 Å². The number of hydrogen-bond acceptors (Lipinski definition) is 3. The lowest BCUT2D eigenvalue weighted by atomic mass is 9.94. The number of hydrogen-bond donors (Lipinski definition) is 2. The van der Waals surface area contributed by atoms with Crippen molar-refractivity contribution < 1.29 is 14.7 Å². The Morgan fingerprint density at radius 3 is 2.65 bits per heavy atom. The molecule has 1 aliphatic heterocycles. The van der Waals surface area contributed by atoms with Gasteiger partial charge in [-0.25, -0.2) is 4.79 Å². The molecular weight excluding hydrogens is 220 g/mol. The maximum absolute atomic E-state index is 12.3. The van der Waals surface area contributed by atoms with Gasteiger partial charge in [0.15, 0.2) is 0 Å². The highest BCUT2D eigenvalue weighted by Crippen LogP contribution is 2.34. The van der Waals surface area contributed by atoms with Gasteiger partial charge in [0.25, 0.3) is 0 Å². The normalized spacial score (nSPS) is 33.0. The summed E-state index contributed by atoms with van der Waals surface area (Å²) >= 11 is 0. The summed E-state index contributed by atoms with van der Waals surface area (Å²) in [7, 11) is 0. The Morgan fingerprint density at radius 1 is 1.24 bits per heavy atom. The molecule has 1 amide bonds. The van der Waals surface area contributed by atoms with Crippen LogP contribution in [0.15, 0.2) is 0 Å². The number of nitrogens with zero attached hydrogens (tertiary/aromatic N) is 1. The quantitative estimate of drug-likeness (QED) is 0.749. The number of carbonyl (C=O) groups excluding carboxylic acids is 1. The summed E-state index contributed by atoms with van der Waals surface area (Å²) in [6.45, 7) is 1.12. The van der Waals surface area contributed by atoms with Crippen LogP contribution >= 0.6 is 0 Å². The minimum atomic E-state index is -0.877. The first kappa shape index (κ1) is 12.4. The lowest BCUT2D eigenvalue weighted by Crippen LogP contribution is -2.45. The largest absolute Gasteiger partial charge is 0.480 e. The summed E-state index contributed by atoms with van der Waals surface area (Å²) in [5.74, 6) is -0.654. The van der Waals surface area contributed by atoms with Crippen LogP contribution in [-0.2, 0) is 9.59 Å². The molecule has 0 aromatic heterocycles. The van der Waals surface area contributed by atoms with E-state index in [9.17, 15) is 9.59 Å². The molecule has 0 aromatic rings. The molecule has 1 saturated heterocycles. The molecule has 5 heteroatoms. The van der Waals surface area contributed by atoms with Crippen LogP contribution in [0.1, 0.15) is 32.1 Å². The van der Waals surface area contributed by atoms with Crippen molar-refractivity contribution >= 4 is 11.9 Å². The van der Waals surface area contributed by atoms with Gasteiger partial charge in [0.05, 0.1) is 0 Å². The zero-order valence-electron chi connectivity index (χ0n) is 9.97. The van der Waals surface area contributed by atoms with Crippen LogP contribution < -0.4 is 5.73 Å². The fourth-order valence-corrected chi connectivity index (χ4v) is 3.14. The zero-order chi connectivity index (χ0) is 12.4. The SMILES string of the molecule is NCC1CCCC1C(=O)N1CCCC1C(=O)O. The third-order valence-corrected chi connectivity index (χ3v) is 4.10. The molecule has 3 unspecified atom stereocenters. The summed E-state index contributed by atoms with van der Waals surface area (Å²) in [5, 5.41) is 9.08. The molecule has 0 spiro atoms. The van der Waals surface area contributed by atoms with E-state index in [2.05, 4.69) is 0 Å². The number of amides is 1. The van der Waals surface area contributed by atoms with E-state index in [0.717, 1.165) is 25.7 Å². The lowest BCUT2D eigenvalue weighted by Gasteiger charge is -2.27. The van der Waals surface area contributed by atoms with Crippen LogP contribution in [0.5, 0.6) is 0 Å². The summed E-state index contributed by atoms with van der Waals surface area (Å²) in [6, 6.07) is -0.610. The number of nitrogens with two attached hydrogens (primary N) is 1. The summed E-state index contributed by atoms with van der Waals surface area (Å²) in [4.78, 5) is 25.0. The molecule has 3 N–H and O–H groups in total. The van der Waals surface area contributed by atoms with E-state index >= 15 is 0 Å². The van der Waals surface area contributed by atoms with Crippen molar-refractivity contribution in [2.24, 2.45) is 17.6 Å². The van der Waals surface area contributed by atoms with Gasteiger partial charge in [0, 0.05) is 12.5 Å². The van der Waals surface area contributed by atoms with Crippen molar-refractivity contribution in [3.63, 3.8) is 0 Å². The Morgan fingerprint density at radius 2 is 2.00 bits per heavy atom. The van der Waals surface area contributed by atoms with E-state index < -0.39 is 12.0 Å². The lowest BCUT2D eigenvalue weighted by molar-refractivity contribution is -0.150. The van der Waals surface area contributed by atoms with Gasteiger partial charge in [-0.05, 0) is 38.1 Å². The molecule has 96 valence electrons. The van der Waals surface area contributed by atoms with Crippen molar-refractivity contribution in [3.8, 4) is 0 Å². The Kier molecular flexibility index (Phi) is 3.66. The van der Waals surface area contributed by atoms with E-state index in [1.54, 1.807) is 4.90 Å². The maximum atomic E-state index is 12.3. The second-order valence-electron chi connectivity index (χ2n) is 5.06. The highest BCUT2D eigenvalue weighted by Gasteiger charge is 2.40. The van der Waals surface area contributed by atoms with E-state index in [0.29, 0.717) is 19.5 Å². The first-order chi connectivity index (χ1) is 8.15. The van der Waals surface area contributed by atoms with Gasteiger partial charge >= 0.3 is 5.97 Å². The molecule has 0 radical (unpaired) electrons. The molecule has 1 aliphatic carbocycles. The van der Waals surface area contributed by atoms with Crippen LogP contribution in [0.25, 0.3) is 0 Å². The summed E-state index contributed by atoms with van der Waals surface area (Å²) in [6.07, 6.45) is 4.27. The fourth-order valence-electron chi connectivity index (χ4n) is 3.14. The van der Waals surface area contributed by atoms with E-state index in [1.807, 2.05) is 0 Å². The molecule has 1 saturated carbocycles. The molecule has 5 nitrogen and oxygen atoms in total. The number of rotatable bonds is 3. The zero-order valence-corrected chi connectivity index (χ0v) is 9.97. The van der Waals surface area contributed by atoms with Crippen molar-refractivity contribution in [2.75, 3.05) is 13.1 Å². The molecular formula is C12H20N2O3. The van der Waals surface area contributed by atoms with Crippen molar-refractivity contribution in [1.29, 1.82) is 0 Å². The average molecular weight is 240 g/mol. The monoisotopic (exact) mass is 240 g/mol. The standard InChI is InChI=1S/C12H20N2O3/c13-7-8-3-1-4-9(8)11(15)14-6-2-5-10(14)12(16)17/h8-10H,1-7,13H2,(H,16,17). The second-order valence-corrected chi connectivity index (χ2v) is 5.06. The fraction of sp³-hybridized carbons (Fsp3) is 0.833. The highest BCUT2D eigenvalue weighted by molar-refractivity contribution is 5.86. The van der Waals surface area contributed by atoms with Crippen molar-refractivity contribution in [3.05, 3.63) is 0 Å². The van der Waals surface area contributed by atoms with Gasteiger partial charge in [-0.3, -0.25) is 4.79 Å². The van der Waals surface area contributed by atoms with Gasteiger partial charge in [0.1, 0.15) is 6.04 Å². The van der Waals surface area contributed by atoms with E-state index in [4.69, 9.17) is 10.8 Å². The van der Waals surface area contributed by atoms with Crippen LogP contribution in [0.2, 0.25) is 0 Å². The van der Waals surface area contributed by atoms with Crippen LogP contribution in [-0.4, -0.2) is 41.0 Å². The van der Waals surface area contributed by atoms with Crippen LogP contribution in [0.3, 0.4) is 0 Å². The topological polar surface area (TPSA) is 83.6 Å². The van der Waals surface area contributed by atoms with E-state index in [1.165, 1.54) is 0 Å². The predicted molar refractivity (Wildman–Crippen MR) is 62.3 cm³/mol. The Balaban J connectivity index is 2.06. The molecule has 3 atom stereocenters. The number of carboxylic acid groups (broad SMARTS) is 1. The van der Waals surface area contributed by atoms with Crippen molar-refractivity contribution in [2.45, 2.75) is 38.1 Å². The summed E-state index contributed by atoms with van der Waals surface area (Å²) in [5.41, 5.74) is 5.67. The Hall–Kier alpha value is -1.10. The van der Waals surface area contributed by atoms with Gasteiger partial charge in [-0.1, -0.05) is 6.42 Å². The predicted octanol–water partition coefficient (Wildman–Crippen LogP) is 0.437. The molecule has 2 rings (SSSR count). The number of carbonyl (C=O) groups is 2. The molecule has 17 heavy (non-hydrogen) atoms. The summed E-state index contributed by atoms with van der Waals surface area (Å²) < 4.78 is 0. The van der Waals surface area contributed by atoms with Crippen LogP contribution in [0, 0.1) is 11.8 Å². The second kappa shape index (κ2) is 5.04. The van der Waals surface area contributed by atoms with Gasteiger partial charge in [-0.15, -0.1) is 0 Å². The third kappa shape index (κ3) is 2.29. The first-order valence-electron chi connectivity index (χ1n) is 6.38. The minimum Gasteiger partial charge on any atom is -0.480 e. The van der Waals surface area contributed by atoms with E-state index in [-0.39, 0.29) is 17.7 Å². The maximum Gasteiger partial charge on any atom is 0.326 e. The number of aliphatic carboxylic acids is 1. The number of likely N-dealkylation sites (tertiary alicyclic amines) is 1. The smallest absolute Gasteiger partial charge is 0.326 e. The molecule has 2 aliphatic rings. The Bertz CT molecular complexity index is 319.